The second-order valence-electron chi connectivity index (χ2n) is 5.10. The first-order valence-corrected chi connectivity index (χ1v) is 7.83. The molecule has 0 unspecified atom stereocenters. The highest BCUT2D eigenvalue weighted by atomic mass is 32.2. The normalized spacial score (nSPS) is 14.1. The minimum absolute atomic E-state index is 0.00890. The van der Waals surface area contributed by atoms with Gasteiger partial charge >= 0.3 is 0 Å². The standard InChI is InChI=1S/C14H9N3O5S/c18-11-8-6-7(17(20)21)2-3-9(8)22-12-10(11)13(19)16-4-1-5-23-14(16)15-12/h2-3,6H,1,4-5H2. The molecule has 0 saturated carbocycles. The highest BCUT2D eigenvalue weighted by molar-refractivity contribution is 7.99. The van der Waals surface area contributed by atoms with Gasteiger partial charge in [0.2, 0.25) is 11.1 Å². The van der Waals surface area contributed by atoms with E-state index in [1.807, 2.05) is 0 Å². The van der Waals surface area contributed by atoms with Crippen LogP contribution in [0.2, 0.25) is 0 Å². The van der Waals surface area contributed by atoms with Crippen LogP contribution in [0.25, 0.3) is 22.1 Å². The van der Waals surface area contributed by atoms with Crippen LogP contribution in [0.5, 0.6) is 0 Å². The summed E-state index contributed by atoms with van der Waals surface area (Å²) in [5.74, 6) is 0.849. The van der Waals surface area contributed by atoms with Crippen molar-refractivity contribution in [1.29, 1.82) is 0 Å². The average Bonchev–Trinajstić information content (AvgIpc) is 2.54. The maximum Gasteiger partial charge on any atom is 0.270 e. The summed E-state index contributed by atoms with van der Waals surface area (Å²) in [4.78, 5) is 39.7. The van der Waals surface area contributed by atoms with E-state index < -0.39 is 15.9 Å². The largest absolute Gasteiger partial charge is 0.437 e. The zero-order chi connectivity index (χ0) is 16.1. The number of aromatic nitrogens is 2. The lowest BCUT2D eigenvalue weighted by molar-refractivity contribution is -0.384. The van der Waals surface area contributed by atoms with Gasteiger partial charge in [-0.25, -0.2) is 0 Å². The lowest BCUT2D eigenvalue weighted by Gasteiger charge is -2.16. The Labute approximate surface area is 131 Å². The first-order valence-electron chi connectivity index (χ1n) is 6.85. The first kappa shape index (κ1) is 13.9. The summed E-state index contributed by atoms with van der Waals surface area (Å²) in [7, 11) is 0. The molecule has 0 radical (unpaired) electrons. The number of rotatable bonds is 1. The molecular formula is C14H9N3O5S. The fraction of sp³-hybridized carbons (Fsp3) is 0.214. The van der Waals surface area contributed by atoms with Crippen LogP contribution in [0.15, 0.2) is 37.4 Å². The Bertz CT molecular complexity index is 1100. The lowest BCUT2D eigenvalue weighted by atomic mass is 10.2. The quantitative estimate of drug-likeness (QED) is 0.290. The van der Waals surface area contributed by atoms with Gasteiger partial charge in [0.05, 0.1) is 10.3 Å². The molecular weight excluding hydrogens is 322 g/mol. The minimum Gasteiger partial charge on any atom is -0.437 e. The summed E-state index contributed by atoms with van der Waals surface area (Å²) in [5, 5.41) is 11.2. The Hall–Kier alpha value is -2.68. The fourth-order valence-electron chi connectivity index (χ4n) is 2.61. The van der Waals surface area contributed by atoms with Gasteiger partial charge in [0.25, 0.3) is 11.2 Å². The Balaban J connectivity index is 2.15. The molecule has 8 nitrogen and oxygen atoms in total. The van der Waals surface area contributed by atoms with Gasteiger partial charge in [0, 0.05) is 24.4 Å². The summed E-state index contributed by atoms with van der Waals surface area (Å²) >= 11 is 1.44. The molecule has 1 aliphatic rings. The molecule has 0 saturated heterocycles. The zero-order valence-electron chi connectivity index (χ0n) is 11.6. The molecule has 9 heteroatoms. The highest BCUT2D eigenvalue weighted by Crippen LogP contribution is 2.25. The monoisotopic (exact) mass is 331 g/mol. The van der Waals surface area contributed by atoms with Crippen molar-refractivity contribution < 1.29 is 9.34 Å². The van der Waals surface area contributed by atoms with Crippen LogP contribution in [0, 0.1) is 10.1 Å². The van der Waals surface area contributed by atoms with E-state index in [2.05, 4.69) is 4.98 Å². The van der Waals surface area contributed by atoms with Crippen LogP contribution in [-0.2, 0) is 6.54 Å². The van der Waals surface area contributed by atoms with Crippen molar-refractivity contribution in [3.05, 3.63) is 48.9 Å². The summed E-state index contributed by atoms with van der Waals surface area (Å²) < 4.78 is 7.00. The molecule has 3 heterocycles. The van der Waals surface area contributed by atoms with E-state index in [-0.39, 0.29) is 27.8 Å². The van der Waals surface area contributed by atoms with Crippen molar-refractivity contribution in [1.82, 2.24) is 9.55 Å². The van der Waals surface area contributed by atoms with Gasteiger partial charge in [0.15, 0.2) is 10.5 Å². The Morgan fingerprint density at radius 3 is 2.96 bits per heavy atom. The third kappa shape index (κ3) is 2.04. The molecule has 1 aliphatic heterocycles. The predicted octanol–water partition coefficient (Wildman–Crippen LogP) is 1.91. The number of nitro groups is 1. The first-order chi connectivity index (χ1) is 11.1. The van der Waals surface area contributed by atoms with Crippen LogP contribution in [-0.4, -0.2) is 20.2 Å². The number of thioether (sulfide) groups is 1. The molecule has 4 rings (SSSR count). The second kappa shape index (κ2) is 4.92. The molecule has 0 bridgehead atoms. The number of hydrogen-bond acceptors (Lipinski definition) is 7. The van der Waals surface area contributed by atoms with E-state index in [4.69, 9.17) is 4.42 Å². The van der Waals surface area contributed by atoms with Gasteiger partial charge in [-0.05, 0) is 12.5 Å². The fourth-order valence-corrected chi connectivity index (χ4v) is 3.55. The maximum atomic E-state index is 12.6. The smallest absolute Gasteiger partial charge is 0.270 e. The van der Waals surface area contributed by atoms with Crippen LogP contribution in [0.4, 0.5) is 5.69 Å². The van der Waals surface area contributed by atoms with E-state index in [9.17, 15) is 19.7 Å². The maximum absolute atomic E-state index is 12.6. The van der Waals surface area contributed by atoms with Crippen molar-refractivity contribution >= 4 is 39.5 Å². The van der Waals surface area contributed by atoms with Gasteiger partial charge in [-0.15, -0.1) is 0 Å². The van der Waals surface area contributed by atoms with Crippen LogP contribution >= 0.6 is 11.8 Å². The van der Waals surface area contributed by atoms with E-state index in [0.717, 1.165) is 18.2 Å². The highest BCUT2D eigenvalue weighted by Gasteiger charge is 2.21. The molecule has 0 amide bonds. The molecule has 0 spiro atoms. The number of nitro benzene ring substituents is 1. The molecule has 0 N–H and O–H groups in total. The van der Waals surface area contributed by atoms with Gasteiger partial charge in [-0.1, -0.05) is 11.8 Å². The van der Waals surface area contributed by atoms with E-state index in [1.54, 1.807) is 0 Å². The number of hydrogen-bond donors (Lipinski definition) is 0. The number of nitrogens with zero attached hydrogens (tertiary/aromatic N) is 3. The number of benzene rings is 1. The van der Waals surface area contributed by atoms with Gasteiger partial charge in [0.1, 0.15) is 5.58 Å². The number of non-ortho nitro benzene ring substituents is 1. The van der Waals surface area contributed by atoms with Crippen LogP contribution < -0.4 is 11.0 Å². The molecule has 23 heavy (non-hydrogen) atoms. The average molecular weight is 331 g/mol. The third-order valence-electron chi connectivity index (χ3n) is 3.71. The molecule has 2 aromatic heterocycles. The van der Waals surface area contributed by atoms with Gasteiger partial charge < -0.3 is 4.42 Å². The third-order valence-corrected chi connectivity index (χ3v) is 4.77. The van der Waals surface area contributed by atoms with Crippen LogP contribution in [0.3, 0.4) is 0 Å². The van der Waals surface area contributed by atoms with Crippen molar-refractivity contribution in [2.75, 3.05) is 5.75 Å². The van der Waals surface area contributed by atoms with Crippen molar-refractivity contribution in [2.45, 2.75) is 18.1 Å². The number of fused-ring (bicyclic) bond motifs is 3. The molecule has 116 valence electrons. The van der Waals surface area contributed by atoms with E-state index in [0.29, 0.717) is 11.7 Å². The van der Waals surface area contributed by atoms with Crippen molar-refractivity contribution in [2.24, 2.45) is 0 Å². The Morgan fingerprint density at radius 2 is 2.17 bits per heavy atom. The minimum atomic E-state index is -0.600. The van der Waals surface area contributed by atoms with Crippen molar-refractivity contribution in [3.63, 3.8) is 0 Å². The van der Waals surface area contributed by atoms with E-state index in [1.165, 1.54) is 28.5 Å². The lowest BCUT2D eigenvalue weighted by Crippen LogP contribution is -2.29. The van der Waals surface area contributed by atoms with Gasteiger partial charge in [-0.3, -0.25) is 24.3 Å². The summed E-state index contributed by atoms with van der Waals surface area (Å²) in [5.41, 5.74) is -1.13. The summed E-state index contributed by atoms with van der Waals surface area (Å²) in [6.07, 6.45) is 0.815. The molecule has 0 fully saturated rings. The van der Waals surface area contributed by atoms with E-state index >= 15 is 0 Å². The summed E-state index contributed by atoms with van der Waals surface area (Å²) in [6, 6.07) is 3.72. The Morgan fingerprint density at radius 1 is 1.35 bits per heavy atom. The molecule has 0 aliphatic carbocycles. The van der Waals surface area contributed by atoms with Crippen LogP contribution in [0.1, 0.15) is 6.42 Å². The Kier molecular flexibility index (Phi) is 2.98. The van der Waals surface area contributed by atoms with Gasteiger partial charge in [-0.2, -0.15) is 4.98 Å². The second-order valence-corrected chi connectivity index (χ2v) is 6.16. The predicted molar refractivity (Wildman–Crippen MR) is 84.0 cm³/mol. The summed E-state index contributed by atoms with van der Waals surface area (Å²) in [6.45, 7) is 0.497. The molecule has 0 atom stereocenters. The van der Waals surface area contributed by atoms with Crippen molar-refractivity contribution in [3.8, 4) is 0 Å². The molecule has 1 aromatic carbocycles. The topological polar surface area (TPSA) is 108 Å². The SMILES string of the molecule is O=c1c2cc([N+](=O)[O-])ccc2oc2nc3n(c(=O)c12)CCCS3. The molecule has 3 aromatic rings. The zero-order valence-corrected chi connectivity index (χ0v) is 12.5.